The molecule has 0 saturated heterocycles. The molecule has 0 aliphatic heterocycles. The first kappa shape index (κ1) is 23.5. The van der Waals surface area contributed by atoms with Crippen molar-refractivity contribution in [3.8, 4) is 0 Å². The Labute approximate surface area is 202 Å². The number of benzene rings is 1. The minimum Gasteiger partial charge on any atom is -0.351 e. The first-order valence-corrected chi connectivity index (χ1v) is 12.9. The molecule has 0 radical (unpaired) electrons. The van der Waals surface area contributed by atoms with Crippen LogP contribution < -0.4 is 5.56 Å². The van der Waals surface area contributed by atoms with Crippen LogP contribution in [0.3, 0.4) is 0 Å². The molecule has 0 spiro atoms. The number of rotatable bonds is 7. The molecule has 1 aromatic carbocycles. The first-order valence-electron chi connectivity index (χ1n) is 11.1. The van der Waals surface area contributed by atoms with Gasteiger partial charge in [0.25, 0.3) is 5.56 Å². The van der Waals surface area contributed by atoms with Crippen molar-refractivity contribution in [2.24, 2.45) is 7.05 Å². The molecule has 4 aromatic rings. The summed E-state index contributed by atoms with van der Waals surface area (Å²) in [5, 5.41) is 1.30. The van der Waals surface area contributed by atoms with E-state index in [2.05, 4.69) is 6.92 Å². The maximum Gasteiger partial charge on any atom is 0.263 e. The third-order valence-corrected chi connectivity index (χ3v) is 8.61. The van der Waals surface area contributed by atoms with E-state index in [1.807, 2.05) is 69.6 Å². The van der Waals surface area contributed by atoms with Gasteiger partial charge in [-0.25, -0.2) is 4.98 Å². The fraction of sp³-hybridized carbons (Fsp3) is 0.346. The van der Waals surface area contributed by atoms with Crippen molar-refractivity contribution in [2.45, 2.75) is 52.7 Å². The Kier molecular flexibility index (Phi) is 6.64. The zero-order valence-electron chi connectivity index (χ0n) is 20.0. The van der Waals surface area contributed by atoms with E-state index in [-0.39, 0.29) is 17.1 Å². The van der Waals surface area contributed by atoms with Crippen molar-refractivity contribution >= 4 is 39.1 Å². The Morgan fingerprint density at radius 1 is 1.12 bits per heavy atom. The lowest BCUT2D eigenvalue weighted by atomic mass is 10.1. The van der Waals surface area contributed by atoms with Crippen LogP contribution in [0, 0.1) is 27.7 Å². The molecule has 3 aromatic heterocycles. The molecule has 0 unspecified atom stereocenters. The normalized spacial score (nSPS) is 11.5. The molecule has 0 fully saturated rings. The number of nitrogens with zero attached hydrogens (tertiary/aromatic N) is 3. The molecule has 5 nitrogen and oxygen atoms in total. The summed E-state index contributed by atoms with van der Waals surface area (Å²) in [5.74, 6) is 0.287. The zero-order chi connectivity index (χ0) is 23.9. The summed E-state index contributed by atoms with van der Waals surface area (Å²) in [6.45, 7) is 10.5. The number of Topliss-reactive ketones (excluding diaryl/α,β-unsaturated/α-hetero) is 1. The highest BCUT2D eigenvalue weighted by Gasteiger charge is 2.20. The monoisotopic (exact) mass is 479 g/mol. The molecule has 0 amide bonds. The van der Waals surface area contributed by atoms with Crippen LogP contribution in [0.15, 0.2) is 40.3 Å². The van der Waals surface area contributed by atoms with Crippen LogP contribution >= 0.6 is 23.1 Å². The Hall–Kier alpha value is -2.64. The van der Waals surface area contributed by atoms with Gasteiger partial charge in [0, 0.05) is 28.9 Å². The molecule has 0 aliphatic carbocycles. The minimum atomic E-state index is -0.0317. The Balaban J connectivity index is 1.74. The lowest BCUT2D eigenvalue weighted by Crippen LogP contribution is -2.24. The lowest BCUT2D eigenvalue weighted by molar-refractivity contribution is 0.102. The van der Waals surface area contributed by atoms with Crippen molar-refractivity contribution in [3.05, 3.63) is 79.2 Å². The topological polar surface area (TPSA) is 56.9 Å². The Morgan fingerprint density at radius 3 is 2.42 bits per heavy atom. The van der Waals surface area contributed by atoms with Gasteiger partial charge in [0.15, 0.2) is 10.9 Å². The van der Waals surface area contributed by atoms with E-state index >= 15 is 0 Å². The largest absolute Gasteiger partial charge is 0.351 e. The number of carbonyl (C=O) groups is 1. The number of fused-ring (bicyclic) bond motifs is 1. The smallest absolute Gasteiger partial charge is 0.263 e. The van der Waals surface area contributed by atoms with E-state index in [1.54, 1.807) is 15.9 Å². The summed E-state index contributed by atoms with van der Waals surface area (Å²) in [6.07, 6.45) is 0.873. The first-order chi connectivity index (χ1) is 15.7. The van der Waals surface area contributed by atoms with Crippen LogP contribution in [0.2, 0.25) is 0 Å². The fourth-order valence-corrected chi connectivity index (χ4v) is 6.09. The van der Waals surface area contributed by atoms with E-state index in [0.29, 0.717) is 17.1 Å². The minimum absolute atomic E-state index is 0.0317. The predicted molar refractivity (Wildman–Crippen MR) is 138 cm³/mol. The molecular formula is C26H29N3O2S2. The predicted octanol–water partition coefficient (Wildman–Crippen LogP) is 5.62. The molecule has 0 saturated carbocycles. The van der Waals surface area contributed by atoms with Gasteiger partial charge in [-0.15, -0.1) is 11.3 Å². The number of carbonyl (C=O) groups excluding carboxylic acids is 1. The highest BCUT2D eigenvalue weighted by molar-refractivity contribution is 7.99. The highest BCUT2D eigenvalue weighted by Crippen LogP contribution is 2.30. The maximum absolute atomic E-state index is 13.6. The van der Waals surface area contributed by atoms with Crippen molar-refractivity contribution < 1.29 is 4.79 Å². The molecule has 172 valence electrons. The van der Waals surface area contributed by atoms with Crippen LogP contribution in [0.4, 0.5) is 0 Å². The maximum atomic E-state index is 13.6. The molecule has 33 heavy (non-hydrogen) atoms. The SMILES string of the molecule is CCc1sc2nc(SCC(=O)c3cc(C)n(C)c3C)n(Cc3ccc(C)cc3)c(=O)c2c1C. The van der Waals surface area contributed by atoms with Gasteiger partial charge in [-0.05, 0) is 51.3 Å². The summed E-state index contributed by atoms with van der Waals surface area (Å²) in [6, 6.07) is 10.1. The average Bonchev–Trinajstić information content (AvgIpc) is 3.26. The second kappa shape index (κ2) is 9.31. The van der Waals surface area contributed by atoms with Gasteiger partial charge in [-0.1, -0.05) is 48.5 Å². The van der Waals surface area contributed by atoms with E-state index in [4.69, 9.17) is 4.98 Å². The number of hydrogen-bond donors (Lipinski definition) is 0. The van der Waals surface area contributed by atoms with Crippen LogP contribution in [0.25, 0.3) is 10.2 Å². The fourth-order valence-electron chi connectivity index (χ4n) is 4.05. The van der Waals surface area contributed by atoms with Gasteiger partial charge < -0.3 is 4.57 Å². The second-order valence-electron chi connectivity index (χ2n) is 8.51. The molecule has 0 N–H and O–H groups in total. The number of aryl methyl sites for hydroxylation is 4. The highest BCUT2D eigenvalue weighted by atomic mass is 32.2. The number of thiophene rings is 1. The molecule has 0 atom stereocenters. The van der Waals surface area contributed by atoms with Crippen LogP contribution in [-0.2, 0) is 20.0 Å². The number of ketones is 1. The Bertz CT molecular complexity index is 1410. The van der Waals surface area contributed by atoms with E-state index in [1.165, 1.54) is 22.2 Å². The van der Waals surface area contributed by atoms with Gasteiger partial charge >= 0.3 is 0 Å². The van der Waals surface area contributed by atoms with E-state index in [9.17, 15) is 9.59 Å². The average molecular weight is 480 g/mol. The van der Waals surface area contributed by atoms with E-state index < -0.39 is 0 Å². The molecule has 7 heteroatoms. The summed E-state index contributed by atoms with van der Waals surface area (Å²) in [4.78, 5) is 33.5. The van der Waals surface area contributed by atoms with Gasteiger partial charge in [0.2, 0.25) is 0 Å². The van der Waals surface area contributed by atoms with Crippen molar-refractivity contribution in [1.29, 1.82) is 0 Å². The molecule has 0 aliphatic rings. The van der Waals surface area contributed by atoms with Gasteiger partial charge in [0.05, 0.1) is 17.7 Å². The third-order valence-electron chi connectivity index (χ3n) is 6.30. The lowest BCUT2D eigenvalue weighted by Gasteiger charge is -2.12. The van der Waals surface area contributed by atoms with Gasteiger partial charge in [-0.3, -0.25) is 14.2 Å². The third kappa shape index (κ3) is 4.44. The molecule has 0 bridgehead atoms. The summed E-state index contributed by atoms with van der Waals surface area (Å²) in [7, 11) is 1.97. The molecule has 4 rings (SSSR count). The number of aromatic nitrogens is 3. The summed E-state index contributed by atoms with van der Waals surface area (Å²) >= 11 is 2.93. The summed E-state index contributed by atoms with van der Waals surface area (Å²) < 4.78 is 3.75. The van der Waals surface area contributed by atoms with Gasteiger partial charge in [-0.2, -0.15) is 0 Å². The quantitative estimate of drug-likeness (QED) is 0.196. The van der Waals surface area contributed by atoms with Crippen LogP contribution in [0.1, 0.15) is 50.2 Å². The molecular weight excluding hydrogens is 450 g/mol. The van der Waals surface area contributed by atoms with Crippen molar-refractivity contribution in [2.75, 3.05) is 5.75 Å². The summed E-state index contributed by atoms with van der Waals surface area (Å²) in [5.41, 5.74) is 5.95. The zero-order valence-corrected chi connectivity index (χ0v) is 21.6. The Morgan fingerprint density at radius 2 is 1.82 bits per heavy atom. The van der Waals surface area contributed by atoms with Crippen molar-refractivity contribution in [1.82, 2.24) is 14.1 Å². The number of thioether (sulfide) groups is 1. The second-order valence-corrected chi connectivity index (χ2v) is 10.5. The van der Waals surface area contributed by atoms with Crippen LogP contribution in [0.5, 0.6) is 0 Å². The standard InChI is InChI=1S/C26H29N3O2S2/c1-7-22-17(4)23-24(33-22)27-26(29(25(23)31)13-19-10-8-15(2)9-11-19)32-14-21(30)20-12-16(3)28(6)18(20)5/h8-12H,7,13-14H2,1-6H3. The van der Waals surface area contributed by atoms with E-state index in [0.717, 1.165) is 39.3 Å². The molecule has 3 heterocycles. The van der Waals surface area contributed by atoms with Gasteiger partial charge in [0.1, 0.15) is 4.83 Å². The van der Waals surface area contributed by atoms with Crippen molar-refractivity contribution in [3.63, 3.8) is 0 Å². The van der Waals surface area contributed by atoms with Crippen LogP contribution in [-0.4, -0.2) is 25.7 Å². The number of hydrogen-bond acceptors (Lipinski definition) is 5.